The second kappa shape index (κ2) is 5.75. The molecule has 0 radical (unpaired) electrons. The highest BCUT2D eigenvalue weighted by atomic mass is 32.2. The van der Waals surface area contributed by atoms with E-state index in [1.165, 1.54) is 10.9 Å². The lowest BCUT2D eigenvalue weighted by Crippen LogP contribution is -2.07. The molecular weight excluding hydrogens is 279 g/mol. The number of halogens is 1. The van der Waals surface area contributed by atoms with E-state index in [-0.39, 0.29) is 12.3 Å². The smallest absolute Gasteiger partial charge is 0.182 e. The van der Waals surface area contributed by atoms with E-state index in [1.54, 1.807) is 25.3 Å². The van der Waals surface area contributed by atoms with Crippen LogP contribution in [-0.4, -0.2) is 24.9 Å². The minimum atomic E-state index is -3.42. The van der Waals surface area contributed by atoms with Gasteiger partial charge >= 0.3 is 0 Å². The quantitative estimate of drug-likeness (QED) is 0.851. The average molecular weight is 296 g/mol. The highest BCUT2D eigenvalue weighted by Crippen LogP contribution is 2.21. The van der Waals surface area contributed by atoms with Crippen molar-refractivity contribution in [2.75, 3.05) is 6.67 Å². The van der Waals surface area contributed by atoms with E-state index in [0.29, 0.717) is 10.5 Å². The van der Waals surface area contributed by atoms with Crippen LogP contribution < -0.4 is 0 Å². The van der Waals surface area contributed by atoms with Crippen molar-refractivity contribution in [2.24, 2.45) is 0 Å². The van der Waals surface area contributed by atoms with Gasteiger partial charge in [0.05, 0.1) is 23.4 Å². The maximum absolute atomic E-state index is 12.4. The molecule has 2 aromatic rings. The number of nitrogens with zero attached hydrogens (tertiary/aromatic N) is 2. The molecule has 4 nitrogen and oxygen atoms in total. The summed E-state index contributed by atoms with van der Waals surface area (Å²) in [6.07, 6.45) is 3.04. The molecule has 1 heterocycles. The second-order valence-electron chi connectivity index (χ2n) is 4.83. The van der Waals surface area contributed by atoms with Gasteiger partial charge in [0, 0.05) is 11.8 Å². The Hall–Kier alpha value is -1.69. The highest BCUT2D eigenvalue weighted by molar-refractivity contribution is 7.90. The number of sulfone groups is 1. The normalized spacial score (nSPS) is 11.8. The molecule has 1 aromatic heterocycles. The minimum absolute atomic E-state index is 0.121. The van der Waals surface area contributed by atoms with Crippen LogP contribution in [0, 0.1) is 13.8 Å². The third-order valence-corrected chi connectivity index (χ3v) is 4.86. The topological polar surface area (TPSA) is 52.0 Å². The lowest BCUT2D eigenvalue weighted by atomic mass is 10.2. The average Bonchev–Trinajstić information content (AvgIpc) is 2.79. The number of alkyl halides is 1. The summed E-state index contributed by atoms with van der Waals surface area (Å²) in [6, 6.07) is 5.36. The van der Waals surface area contributed by atoms with Crippen molar-refractivity contribution in [3.05, 3.63) is 47.3 Å². The van der Waals surface area contributed by atoms with Crippen LogP contribution >= 0.6 is 0 Å². The maximum Gasteiger partial charge on any atom is 0.182 e. The molecule has 0 fully saturated rings. The Bertz CT molecular complexity index is 708. The summed E-state index contributed by atoms with van der Waals surface area (Å²) >= 11 is 0. The monoisotopic (exact) mass is 296 g/mol. The zero-order valence-corrected chi connectivity index (χ0v) is 12.3. The van der Waals surface area contributed by atoms with Crippen molar-refractivity contribution in [1.29, 1.82) is 0 Å². The summed E-state index contributed by atoms with van der Waals surface area (Å²) in [7, 11) is -3.42. The van der Waals surface area contributed by atoms with Gasteiger partial charge in [0.25, 0.3) is 0 Å². The van der Waals surface area contributed by atoms with Crippen molar-refractivity contribution >= 4 is 9.84 Å². The second-order valence-corrected chi connectivity index (χ2v) is 6.79. The molecule has 0 aliphatic carbocycles. The zero-order chi connectivity index (χ0) is 14.8. The van der Waals surface area contributed by atoms with E-state index in [1.807, 2.05) is 13.0 Å². The summed E-state index contributed by atoms with van der Waals surface area (Å²) in [5, 5.41) is 3.94. The molecule has 6 heteroatoms. The molecule has 0 amide bonds. The number of rotatable bonds is 5. The third-order valence-electron chi connectivity index (χ3n) is 3.04. The molecule has 0 atom stereocenters. The van der Waals surface area contributed by atoms with Crippen molar-refractivity contribution in [3.63, 3.8) is 0 Å². The Morgan fingerprint density at radius 1 is 1.30 bits per heavy atom. The van der Waals surface area contributed by atoms with Crippen LogP contribution in [0.15, 0.2) is 35.5 Å². The van der Waals surface area contributed by atoms with Gasteiger partial charge in [-0.25, -0.2) is 12.8 Å². The summed E-state index contributed by atoms with van der Waals surface area (Å²) in [6.45, 7) is 3.25. The van der Waals surface area contributed by atoms with Gasteiger partial charge in [-0.15, -0.1) is 0 Å². The molecule has 0 bridgehead atoms. The number of aromatic nitrogens is 2. The van der Waals surface area contributed by atoms with Gasteiger partial charge in [-0.3, -0.25) is 4.68 Å². The first-order valence-electron chi connectivity index (χ1n) is 6.29. The number of hydrogen-bond acceptors (Lipinski definition) is 3. The Labute approximate surface area is 118 Å². The lowest BCUT2D eigenvalue weighted by Gasteiger charge is -2.07. The fourth-order valence-corrected chi connectivity index (χ4v) is 3.70. The lowest BCUT2D eigenvalue weighted by molar-refractivity contribution is 0.427. The van der Waals surface area contributed by atoms with E-state index in [4.69, 9.17) is 0 Å². The summed E-state index contributed by atoms with van der Waals surface area (Å²) in [4.78, 5) is 0.343. The van der Waals surface area contributed by atoms with Gasteiger partial charge < -0.3 is 0 Å². The molecule has 0 spiro atoms. The van der Waals surface area contributed by atoms with Crippen LogP contribution in [0.25, 0.3) is 0 Å². The molecule has 108 valence electrons. The molecule has 1 aromatic carbocycles. The van der Waals surface area contributed by atoms with Crippen LogP contribution in [0.2, 0.25) is 0 Å². The predicted molar refractivity (Wildman–Crippen MR) is 75.0 cm³/mol. The van der Waals surface area contributed by atoms with Gasteiger partial charge in [-0.2, -0.15) is 5.10 Å². The number of hydrogen-bond donors (Lipinski definition) is 0. The minimum Gasteiger partial charge on any atom is -0.270 e. The molecule has 0 saturated carbocycles. The molecule has 0 aliphatic heterocycles. The van der Waals surface area contributed by atoms with Crippen molar-refractivity contribution in [1.82, 2.24) is 9.78 Å². The Kier molecular flexibility index (Phi) is 4.23. The van der Waals surface area contributed by atoms with Gasteiger partial charge in [0.15, 0.2) is 9.84 Å². The predicted octanol–water partition coefficient (Wildman–Crippen LogP) is 2.44. The highest BCUT2D eigenvalue weighted by Gasteiger charge is 2.18. The molecule has 0 N–H and O–H groups in total. The largest absolute Gasteiger partial charge is 0.270 e. The summed E-state index contributed by atoms with van der Waals surface area (Å²) in [5.74, 6) is -0.121. The van der Waals surface area contributed by atoms with E-state index in [0.717, 1.165) is 11.1 Å². The van der Waals surface area contributed by atoms with Gasteiger partial charge in [0.2, 0.25) is 0 Å². The number of benzene rings is 1. The zero-order valence-electron chi connectivity index (χ0n) is 11.5. The van der Waals surface area contributed by atoms with Crippen LogP contribution in [-0.2, 0) is 22.1 Å². The summed E-state index contributed by atoms with van der Waals surface area (Å²) < 4.78 is 38.5. The maximum atomic E-state index is 12.4. The third kappa shape index (κ3) is 3.25. The van der Waals surface area contributed by atoms with Crippen LogP contribution in [0.5, 0.6) is 0 Å². The number of aryl methyl sites for hydroxylation is 3. The van der Waals surface area contributed by atoms with E-state index in [2.05, 4.69) is 5.10 Å². The van der Waals surface area contributed by atoms with Gasteiger partial charge in [0.1, 0.15) is 6.67 Å². The van der Waals surface area contributed by atoms with Crippen molar-refractivity contribution < 1.29 is 12.8 Å². The summed E-state index contributed by atoms with van der Waals surface area (Å²) in [5.41, 5.74) is 2.20. The molecule has 20 heavy (non-hydrogen) atoms. The van der Waals surface area contributed by atoms with Crippen LogP contribution in [0.1, 0.15) is 16.7 Å². The molecule has 2 rings (SSSR count). The molecule has 0 aliphatic rings. The SMILES string of the molecule is Cc1ccc(C)c(S(=O)(=O)Cc2cnn(CCF)c2)c1. The van der Waals surface area contributed by atoms with Crippen LogP contribution in [0.4, 0.5) is 4.39 Å². The Morgan fingerprint density at radius 3 is 2.75 bits per heavy atom. The molecular formula is C14H17FN2O2S. The first-order valence-corrected chi connectivity index (χ1v) is 7.95. The van der Waals surface area contributed by atoms with E-state index in [9.17, 15) is 12.8 Å². The first kappa shape index (κ1) is 14.7. The first-order chi connectivity index (χ1) is 9.42. The fraction of sp³-hybridized carbons (Fsp3) is 0.357. The van der Waals surface area contributed by atoms with E-state index < -0.39 is 16.5 Å². The molecule has 0 unspecified atom stereocenters. The molecule has 0 saturated heterocycles. The van der Waals surface area contributed by atoms with Crippen molar-refractivity contribution in [3.8, 4) is 0 Å². The van der Waals surface area contributed by atoms with Crippen LogP contribution in [0.3, 0.4) is 0 Å². The van der Waals surface area contributed by atoms with E-state index >= 15 is 0 Å². The fourth-order valence-electron chi connectivity index (χ4n) is 2.03. The standard InChI is InChI=1S/C14H17FN2O2S/c1-11-3-4-12(2)14(7-11)20(18,19)10-13-8-16-17(9-13)6-5-15/h3-4,7-9H,5-6,10H2,1-2H3. The Balaban J connectivity index is 2.28. The van der Waals surface area contributed by atoms with Gasteiger partial charge in [-0.05, 0) is 31.0 Å². The Morgan fingerprint density at radius 2 is 2.05 bits per heavy atom. The van der Waals surface area contributed by atoms with Crippen molar-refractivity contribution in [2.45, 2.75) is 31.0 Å². The van der Waals surface area contributed by atoms with Gasteiger partial charge in [-0.1, -0.05) is 12.1 Å².